The molecule has 0 aliphatic rings. The summed E-state index contributed by atoms with van der Waals surface area (Å²) in [6.07, 6.45) is 0. The fourth-order valence-electron chi connectivity index (χ4n) is 1.67. The molecule has 86 valence electrons. The van der Waals surface area contributed by atoms with E-state index in [-0.39, 0.29) is 5.69 Å². The molecule has 0 heterocycles. The van der Waals surface area contributed by atoms with Gasteiger partial charge >= 0.3 is 0 Å². The fraction of sp³-hybridized carbons (Fsp3) is 0. The minimum absolute atomic E-state index is 0.0434. The Morgan fingerprint density at radius 1 is 0.941 bits per heavy atom. The van der Waals surface area contributed by atoms with E-state index in [0.717, 1.165) is 5.56 Å². The van der Waals surface area contributed by atoms with Crippen LogP contribution >= 0.6 is 0 Å². The maximum atomic E-state index is 10.5. The van der Waals surface area contributed by atoms with Crippen LogP contribution in [0.1, 0.15) is 0 Å². The number of benzene rings is 2. The van der Waals surface area contributed by atoms with E-state index >= 15 is 0 Å². The lowest BCUT2D eigenvalue weighted by atomic mass is 10.0. The number of hydrogen-bond donors (Lipinski definition) is 2. The summed E-state index contributed by atoms with van der Waals surface area (Å²) < 4.78 is 0. The highest BCUT2D eigenvalue weighted by molar-refractivity contribution is 5.86. The molecule has 17 heavy (non-hydrogen) atoms. The molecule has 5 heteroatoms. The van der Waals surface area contributed by atoms with E-state index in [1.54, 1.807) is 30.3 Å². The molecule has 2 aromatic rings. The third-order valence-electron chi connectivity index (χ3n) is 2.50. The van der Waals surface area contributed by atoms with E-state index in [9.17, 15) is 10.1 Å². The van der Waals surface area contributed by atoms with Crippen molar-refractivity contribution in [3.63, 3.8) is 0 Å². The molecule has 0 aliphatic heterocycles. The molecule has 0 aliphatic carbocycles. The van der Waals surface area contributed by atoms with Gasteiger partial charge in [0, 0.05) is 29.1 Å². The molecule has 0 amide bonds. The van der Waals surface area contributed by atoms with Gasteiger partial charge in [-0.2, -0.15) is 0 Å². The van der Waals surface area contributed by atoms with Gasteiger partial charge in [0.2, 0.25) is 0 Å². The average Bonchev–Trinajstić information content (AvgIpc) is 2.29. The van der Waals surface area contributed by atoms with Crippen LogP contribution in [0.15, 0.2) is 42.5 Å². The molecular formula is C12H11N3O2. The highest BCUT2D eigenvalue weighted by Crippen LogP contribution is 2.32. The van der Waals surface area contributed by atoms with E-state index in [0.29, 0.717) is 16.9 Å². The molecule has 0 unspecified atom stereocenters. The first kappa shape index (κ1) is 10.9. The first-order chi connectivity index (χ1) is 8.09. The zero-order valence-electron chi connectivity index (χ0n) is 8.96. The number of nitrogens with zero attached hydrogens (tertiary/aromatic N) is 1. The van der Waals surface area contributed by atoms with Crippen molar-refractivity contribution < 1.29 is 4.92 Å². The van der Waals surface area contributed by atoms with Crippen LogP contribution in [-0.2, 0) is 0 Å². The zero-order valence-corrected chi connectivity index (χ0v) is 8.96. The second-order valence-electron chi connectivity index (χ2n) is 3.62. The lowest BCUT2D eigenvalue weighted by molar-refractivity contribution is -0.384. The van der Waals surface area contributed by atoms with Gasteiger partial charge in [-0.05, 0) is 29.8 Å². The molecule has 2 rings (SSSR count). The lowest BCUT2D eigenvalue weighted by Crippen LogP contribution is -1.96. The van der Waals surface area contributed by atoms with Crippen molar-refractivity contribution >= 4 is 17.1 Å². The third kappa shape index (κ3) is 2.03. The Labute approximate surface area is 97.8 Å². The van der Waals surface area contributed by atoms with Crippen molar-refractivity contribution in [2.75, 3.05) is 11.5 Å². The number of non-ortho nitro benzene ring substituents is 1. The summed E-state index contributed by atoms with van der Waals surface area (Å²) in [5, 5.41) is 10.5. The van der Waals surface area contributed by atoms with Crippen molar-refractivity contribution in [3.8, 4) is 11.1 Å². The quantitative estimate of drug-likeness (QED) is 0.469. The van der Waals surface area contributed by atoms with Crippen LogP contribution in [0.25, 0.3) is 11.1 Å². The predicted octanol–water partition coefficient (Wildman–Crippen LogP) is 2.43. The van der Waals surface area contributed by atoms with Crippen LogP contribution in [0.2, 0.25) is 0 Å². The molecular weight excluding hydrogens is 218 g/mol. The predicted molar refractivity (Wildman–Crippen MR) is 67.4 cm³/mol. The number of nitrogens with two attached hydrogens (primary N) is 2. The number of nitro benzene ring substituents is 1. The lowest BCUT2D eigenvalue weighted by Gasteiger charge is -2.08. The van der Waals surface area contributed by atoms with Crippen molar-refractivity contribution in [3.05, 3.63) is 52.6 Å². The minimum Gasteiger partial charge on any atom is -0.398 e. The smallest absolute Gasteiger partial charge is 0.269 e. The summed E-state index contributed by atoms with van der Waals surface area (Å²) in [6.45, 7) is 0. The first-order valence-electron chi connectivity index (χ1n) is 4.98. The van der Waals surface area contributed by atoms with Crippen molar-refractivity contribution in [2.24, 2.45) is 0 Å². The topological polar surface area (TPSA) is 95.2 Å². The van der Waals surface area contributed by atoms with Gasteiger partial charge in [-0.25, -0.2) is 0 Å². The number of rotatable bonds is 2. The Morgan fingerprint density at radius 2 is 1.47 bits per heavy atom. The van der Waals surface area contributed by atoms with Crippen LogP contribution in [0, 0.1) is 10.1 Å². The van der Waals surface area contributed by atoms with Crippen molar-refractivity contribution in [2.45, 2.75) is 0 Å². The van der Waals surface area contributed by atoms with Gasteiger partial charge in [-0.15, -0.1) is 0 Å². The van der Waals surface area contributed by atoms with Crippen LogP contribution < -0.4 is 11.5 Å². The summed E-state index contributed by atoms with van der Waals surface area (Å²) in [4.78, 5) is 10.1. The second kappa shape index (κ2) is 4.13. The van der Waals surface area contributed by atoms with E-state index in [1.165, 1.54) is 12.1 Å². The molecule has 0 aromatic heterocycles. The molecule has 0 saturated heterocycles. The number of nitrogen functional groups attached to an aromatic ring is 2. The van der Waals surface area contributed by atoms with E-state index in [2.05, 4.69) is 0 Å². The molecule has 0 radical (unpaired) electrons. The van der Waals surface area contributed by atoms with Gasteiger partial charge < -0.3 is 11.5 Å². The molecule has 0 atom stereocenters. The summed E-state index contributed by atoms with van der Waals surface area (Å²) >= 11 is 0. The standard InChI is InChI=1S/C12H11N3O2/c13-10-2-1-3-11(14)12(10)8-4-6-9(7-5-8)15(16)17/h1-7H,13-14H2. The highest BCUT2D eigenvalue weighted by atomic mass is 16.6. The summed E-state index contributed by atoms with van der Waals surface area (Å²) in [7, 11) is 0. The van der Waals surface area contributed by atoms with Crippen molar-refractivity contribution in [1.82, 2.24) is 0 Å². The molecule has 0 saturated carbocycles. The SMILES string of the molecule is Nc1cccc(N)c1-c1ccc([N+](=O)[O-])cc1. The number of hydrogen-bond acceptors (Lipinski definition) is 4. The van der Waals surface area contributed by atoms with Gasteiger partial charge in [0.15, 0.2) is 0 Å². The van der Waals surface area contributed by atoms with Crippen LogP contribution in [0.5, 0.6) is 0 Å². The van der Waals surface area contributed by atoms with Crippen molar-refractivity contribution in [1.29, 1.82) is 0 Å². The molecule has 4 N–H and O–H groups in total. The molecule has 5 nitrogen and oxygen atoms in total. The van der Waals surface area contributed by atoms with Gasteiger partial charge in [0.1, 0.15) is 0 Å². The molecule has 2 aromatic carbocycles. The van der Waals surface area contributed by atoms with Crippen LogP contribution in [-0.4, -0.2) is 4.92 Å². The van der Waals surface area contributed by atoms with Gasteiger partial charge in [-0.3, -0.25) is 10.1 Å². The Balaban J connectivity index is 2.50. The number of nitro groups is 1. The molecule has 0 spiro atoms. The number of anilines is 2. The Bertz CT molecular complexity index is 544. The fourth-order valence-corrected chi connectivity index (χ4v) is 1.67. The Hall–Kier alpha value is -2.56. The van der Waals surface area contributed by atoms with E-state index in [4.69, 9.17) is 11.5 Å². The first-order valence-corrected chi connectivity index (χ1v) is 4.98. The second-order valence-corrected chi connectivity index (χ2v) is 3.62. The largest absolute Gasteiger partial charge is 0.398 e. The molecule has 0 bridgehead atoms. The maximum Gasteiger partial charge on any atom is 0.269 e. The van der Waals surface area contributed by atoms with Crippen LogP contribution in [0.4, 0.5) is 17.1 Å². The zero-order chi connectivity index (χ0) is 12.4. The summed E-state index contributed by atoms with van der Waals surface area (Å²) in [6, 6.07) is 11.4. The van der Waals surface area contributed by atoms with E-state index < -0.39 is 4.92 Å². The minimum atomic E-state index is -0.443. The summed E-state index contributed by atoms with van der Waals surface area (Å²) in [5.74, 6) is 0. The third-order valence-corrected chi connectivity index (χ3v) is 2.50. The summed E-state index contributed by atoms with van der Waals surface area (Å²) in [5.41, 5.74) is 14.3. The van der Waals surface area contributed by atoms with E-state index in [1.807, 2.05) is 0 Å². The highest BCUT2D eigenvalue weighted by Gasteiger charge is 2.09. The van der Waals surface area contributed by atoms with Gasteiger partial charge in [0.05, 0.1) is 4.92 Å². The Kier molecular flexibility index (Phi) is 2.66. The normalized spacial score (nSPS) is 10.1. The maximum absolute atomic E-state index is 10.5. The average molecular weight is 229 g/mol. The van der Waals surface area contributed by atoms with Gasteiger partial charge in [0.25, 0.3) is 5.69 Å². The van der Waals surface area contributed by atoms with Crippen LogP contribution in [0.3, 0.4) is 0 Å². The Morgan fingerprint density at radius 3 is 1.94 bits per heavy atom. The molecule has 0 fully saturated rings. The van der Waals surface area contributed by atoms with Gasteiger partial charge in [-0.1, -0.05) is 6.07 Å². The monoisotopic (exact) mass is 229 g/mol.